The Morgan fingerprint density at radius 1 is 1.15 bits per heavy atom. The van der Waals surface area contributed by atoms with E-state index < -0.39 is 18.3 Å². The summed E-state index contributed by atoms with van der Waals surface area (Å²) in [6.07, 6.45) is 4.07. The number of halogens is 1. The first-order valence-electron chi connectivity index (χ1n) is 7.13. The summed E-state index contributed by atoms with van der Waals surface area (Å²) in [6, 6.07) is 1.83. The Balaban J connectivity index is 1.95. The lowest BCUT2D eigenvalue weighted by molar-refractivity contribution is 0.00578. The molecule has 0 bridgehead atoms. The van der Waals surface area contributed by atoms with E-state index >= 15 is 0 Å². The van der Waals surface area contributed by atoms with Crippen molar-refractivity contribution >= 4 is 12.7 Å². The Bertz CT molecular complexity index is 543. The van der Waals surface area contributed by atoms with Crippen LogP contribution < -0.4 is 0 Å². The number of furan rings is 1. The lowest BCUT2D eigenvalue weighted by Crippen LogP contribution is -2.41. The van der Waals surface area contributed by atoms with E-state index in [0.29, 0.717) is 12.0 Å². The van der Waals surface area contributed by atoms with Crippen LogP contribution in [0.4, 0.5) is 4.39 Å². The van der Waals surface area contributed by atoms with Gasteiger partial charge in [-0.3, -0.25) is 0 Å². The third kappa shape index (κ3) is 2.04. The molecular weight excluding hydrogens is 258 g/mol. The molecular formula is C15H20BFO3. The van der Waals surface area contributed by atoms with E-state index in [9.17, 15) is 4.39 Å². The van der Waals surface area contributed by atoms with Crippen molar-refractivity contribution in [3.05, 3.63) is 29.4 Å². The second-order valence-corrected chi connectivity index (χ2v) is 6.53. The van der Waals surface area contributed by atoms with Crippen LogP contribution in [0.25, 0.3) is 5.57 Å². The summed E-state index contributed by atoms with van der Waals surface area (Å²) < 4.78 is 31.8. The molecule has 0 spiro atoms. The Kier molecular flexibility index (Phi) is 3.10. The van der Waals surface area contributed by atoms with Gasteiger partial charge in [0, 0.05) is 12.0 Å². The van der Waals surface area contributed by atoms with Gasteiger partial charge in [0.25, 0.3) is 0 Å². The fourth-order valence-electron chi connectivity index (χ4n) is 2.70. The van der Waals surface area contributed by atoms with E-state index in [-0.39, 0.29) is 5.73 Å². The number of hydrogen-bond donors (Lipinski definition) is 0. The highest BCUT2D eigenvalue weighted by atomic mass is 19.1. The van der Waals surface area contributed by atoms with Crippen molar-refractivity contribution in [2.45, 2.75) is 58.2 Å². The molecule has 1 saturated heterocycles. The zero-order chi connectivity index (χ0) is 14.5. The fraction of sp³-hybridized carbons (Fsp3) is 0.600. The minimum absolute atomic E-state index is 0.314. The minimum Gasteiger partial charge on any atom is -0.469 e. The van der Waals surface area contributed by atoms with Crippen LogP contribution in [0.5, 0.6) is 0 Å². The number of allylic oxidation sites excluding steroid dienone is 1. The summed E-state index contributed by atoms with van der Waals surface area (Å²) in [4.78, 5) is 0. The summed E-state index contributed by atoms with van der Waals surface area (Å²) in [6.45, 7) is 7.70. The zero-order valence-corrected chi connectivity index (χ0v) is 12.5. The van der Waals surface area contributed by atoms with Gasteiger partial charge >= 0.3 is 7.12 Å². The minimum atomic E-state index is -0.921. The van der Waals surface area contributed by atoms with Crippen LogP contribution >= 0.6 is 0 Å². The summed E-state index contributed by atoms with van der Waals surface area (Å²) >= 11 is 0. The van der Waals surface area contributed by atoms with Gasteiger partial charge in [-0.25, -0.2) is 4.39 Å². The second-order valence-electron chi connectivity index (χ2n) is 6.53. The SMILES string of the molecule is CC1(C)OB(C(F)=C2CCCc3occc32)OC1(C)C. The van der Waals surface area contributed by atoms with Gasteiger partial charge < -0.3 is 13.7 Å². The average Bonchev–Trinajstić information content (AvgIpc) is 2.91. The van der Waals surface area contributed by atoms with E-state index in [1.54, 1.807) is 6.26 Å². The van der Waals surface area contributed by atoms with E-state index in [2.05, 4.69) is 0 Å². The Labute approximate surface area is 119 Å². The van der Waals surface area contributed by atoms with Crippen molar-refractivity contribution < 1.29 is 18.1 Å². The molecule has 0 atom stereocenters. The summed E-state index contributed by atoms with van der Waals surface area (Å²) in [5.41, 5.74) is 0.167. The largest absolute Gasteiger partial charge is 0.525 e. The van der Waals surface area contributed by atoms with Crippen LogP contribution in [-0.2, 0) is 15.7 Å². The maximum absolute atomic E-state index is 14.8. The molecule has 0 unspecified atom stereocenters. The molecule has 1 aromatic rings. The quantitative estimate of drug-likeness (QED) is 0.729. The van der Waals surface area contributed by atoms with Crippen molar-refractivity contribution in [3.8, 4) is 0 Å². The van der Waals surface area contributed by atoms with Crippen LogP contribution in [0.3, 0.4) is 0 Å². The summed E-state index contributed by atoms with van der Waals surface area (Å²) in [7, 11) is -0.921. The standard InChI is InChI=1S/C15H20BFO3/c1-14(2)15(3,4)20-16(19-14)13(17)11-6-5-7-12-10(11)8-9-18-12/h8-9H,5-7H2,1-4H3. The molecule has 5 heteroatoms. The van der Waals surface area contributed by atoms with Gasteiger partial charge in [-0.1, -0.05) is 0 Å². The van der Waals surface area contributed by atoms with Gasteiger partial charge in [-0.2, -0.15) is 0 Å². The van der Waals surface area contributed by atoms with Crippen molar-refractivity contribution in [3.63, 3.8) is 0 Å². The van der Waals surface area contributed by atoms with Crippen molar-refractivity contribution in [1.82, 2.24) is 0 Å². The van der Waals surface area contributed by atoms with E-state index in [0.717, 1.165) is 24.2 Å². The predicted octanol–water partition coefficient (Wildman–Crippen LogP) is 3.93. The molecule has 0 amide bonds. The highest BCUT2D eigenvalue weighted by Gasteiger charge is 2.53. The van der Waals surface area contributed by atoms with Gasteiger partial charge in [0.15, 0.2) is 0 Å². The smallest absolute Gasteiger partial charge is 0.469 e. The van der Waals surface area contributed by atoms with Crippen LogP contribution in [-0.4, -0.2) is 18.3 Å². The number of hydrogen-bond acceptors (Lipinski definition) is 3. The number of rotatable bonds is 1. The Hall–Kier alpha value is -1.07. The van der Waals surface area contributed by atoms with E-state index in [1.807, 2.05) is 33.8 Å². The van der Waals surface area contributed by atoms with Gasteiger partial charge in [0.2, 0.25) is 0 Å². The van der Waals surface area contributed by atoms with E-state index in [1.165, 1.54) is 0 Å². The fourth-order valence-corrected chi connectivity index (χ4v) is 2.70. The molecule has 2 heterocycles. The van der Waals surface area contributed by atoms with Crippen LogP contribution in [0, 0.1) is 0 Å². The third-order valence-electron chi connectivity index (χ3n) is 4.65. The van der Waals surface area contributed by atoms with Crippen LogP contribution in [0.15, 0.2) is 22.5 Å². The van der Waals surface area contributed by atoms with Crippen LogP contribution in [0.1, 0.15) is 51.9 Å². The molecule has 2 aliphatic rings. The summed E-state index contributed by atoms with van der Waals surface area (Å²) in [5, 5.41) is 0. The van der Waals surface area contributed by atoms with Crippen molar-refractivity contribution in [1.29, 1.82) is 0 Å². The van der Waals surface area contributed by atoms with E-state index in [4.69, 9.17) is 13.7 Å². The normalized spacial score (nSPS) is 26.6. The average molecular weight is 278 g/mol. The molecule has 3 nitrogen and oxygen atoms in total. The first-order valence-corrected chi connectivity index (χ1v) is 7.13. The molecule has 1 aliphatic carbocycles. The predicted molar refractivity (Wildman–Crippen MR) is 75.8 cm³/mol. The lowest BCUT2D eigenvalue weighted by Gasteiger charge is -2.32. The number of fused-ring (bicyclic) bond motifs is 1. The molecule has 1 aliphatic heterocycles. The summed E-state index contributed by atoms with van der Waals surface area (Å²) in [5.74, 6) is 0.859. The third-order valence-corrected chi connectivity index (χ3v) is 4.65. The van der Waals surface area contributed by atoms with Crippen molar-refractivity contribution in [2.75, 3.05) is 0 Å². The maximum atomic E-state index is 14.8. The number of aryl methyl sites for hydroxylation is 1. The molecule has 3 rings (SSSR count). The Morgan fingerprint density at radius 2 is 1.80 bits per heavy atom. The molecule has 1 aromatic heterocycles. The molecule has 0 N–H and O–H groups in total. The van der Waals surface area contributed by atoms with Gasteiger partial charge in [-0.05, 0) is 52.2 Å². The first-order chi connectivity index (χ1) is 9.32. The lowest BCUT2D eigenvalue weighted by atomic mass is 9.79. The Morgan fingerprint density at radius 3 is 2.45 bits per heavy atom. The molecule has 20 heavy (non-hydrogen) atoms. The highest BCUT2D eigenvalue weighted by Crippen LogP contribution is 2.42. The molecule has 1 fully saturated rings. The molecule has 0 radical (unpaired) electrons. The molecule has 0 aromatic carbocycles. The van der Waals surface area contributed by atoms with Gasteiger partial charge in [0.1, 0.15) is 11.5 Å². The monoisotopic (exact) mass is 278 g/mol. The zero-order valence-electron chi connectivity index (χ0n) is 12.5. The van der Waals surface area contributed by atoms with Crippen LogP contribution in [0.2, 0.25) is 0 Å². The maximum Gasteiger partial charge on any atom is 0.525 e. The van der Waals surface area contributed by atoms with Crippen molar-refractivity contribution in [2.24, 2.45) is 0 Å². The second kappa shape index (κ2) is 4.47. The highest BCUT2D eigenvalue weighted by molar-refractivity contribution is 6.55. The van der Waals surface area contributed by atoms with Gasteiger partial charge in [0.05, 0.1) is 17.5 Å². The topological polar surface area (TPSA) is 31.6 Å². The van der Waals surface area contributed by atoms with Gasteiger partial charge in [-0.15, -0.1) is 0 Å². The molecule has 108 valence electrons. The first kappa shape index (κ1) is 13.9. The molecule has 0 saturated carbocycles.